The summed E-state index contributed by atoms with van der Waals surface area (Å²) in [6.07, 6.45) is 0. The van der Waals surface area contributed by atoms with E-state index < -0.39 is 33.1 Å². The number of hydrogen-bond acceptors (Lipinski definition) is 6. The van der Waals surface area contributed by atoms with E-state index in [4.69, 9.17) is 23.2 Å². The van der Waals surface area contributed by atoms with Crippen molar-refractivity contribution in [3.05, 3.63) is 62.6 Å². The topological polar surface area (TPSA) is 107 Å². The molecule has 0 aliphatic heterocycles. The second-order valence-electron chi connectivity index (χ2n) is 4.94. The van der Waals surface area contributed by atoms with E-state index in [1.54, 1.807) is 0 Å². The summed E-state index contributed by atoms with van der Waals surface area (Å²) in [6, 6.07) is 8.51. The van der Waals surface area contributed by atoms with Gasteiger partial charge in [-0.1, -0.05) is 29.3 Å². The summed E-state index contributed by atoms with van der Waals surface area (Å²) in [6.45, 7) is -0.693. The third-order valence-corrected chi connectivity index (χ3v) is 5.60. The number of sulfonamides is 1. The third kappa shape index (κ3) is 4.24. The van der Waals surface area contributed by atoms with Gasteiger partial charge in [0.25, 0.3) is 15.7 Å². The highest BCUT2D eigenvalue weighted by Crippen LogP contribution is 2.33. The molecule has 2 rings (SSSR count). The van der Waals surface area contributed by atoms with Crippen LogP contribution in [0.3, 0.4) is 0 Å². The summed E-state index contributed by atoms with van der Waals surface area (Å²) in [7, 11) is -3.27. The number of nitro benzene ring substituents is 1. The van der Waals surface area contributed by atoms with E-state index in [0.29, 0.717) is 4.31 Å². The molecule has 0 heterocycles. The summed E-state index contributed by atoms with van der Waals surface area (Å²) >= 11 is 12.0. The smallest absolute Gasteiger partial charge is 0.326 e. The molecule has 2 aromatic rings. The van der Waals surface area contributed by atoms with Crippen molar-refractivity contribution in [3.63, 3.8) is 0 Å². The highest BCUT2D eigenvalue weighted by atomic mass is 35.5. The van der Waals surface area contributed by atoms with E-state index in [1.807, 2.05) is 0 Å². The monoisotopic (exact) mass is 418 g/mol. The molecule has 138 valence electrons. The molecule has 0 aromatic heterocycles. The number of anilines is 1. The number of hydrogen-bond donors (Lipinski definition) is 0. The third-order valence-electron chi connectivity index (χ3n) is 3.29. The normalized spacial score (nSPS) is 11.0. The van der Waals surface area contributed by atoms with E-state index in [1.165, 1.54) is 30.3 Å². The average molecular weight is 419 g/mol. The van der Waals surface area contributed by atoms with E-state index in [9.17, 15) is 23.3 Å². The van der Waals surface area contributed by atoms with Crippen molar-refractivity contribution < 1.29 is 22.9 Å². The van der Waals surface area contributed by atoms with Crippen molar-refractivity contribution in [3.8, 4) is 0 Å². The minimum Gasteiger partial charge on any atom is -0.468 e. The van der Waals surface area contributed by atoms with Crippen LogP contribution in [-0.2, 0) is 19.6 Å². The Morgan fingerprint density at radius 1 is 1.23 bits per heavy atom. The first kappa shape index (κ1) is 20.0. The van der Waals surface area contributed by atoms with Crippen LogP contribution in [-0.4, -0.2) is 33.0 Å². The molecule has 0 aliphatic carbocycles. The van der Waals surface area contributed by atoms with E-state index >= 15 is 0 Å². The molecule has 2 aromatic carbocycles. The summed E-state index contributed by atoms with van der Waals surface area (Å²) < 4.78 is 31.3. The minimum absolute atomic E-state index is 0.0207. The number of halogens is 2. The number of ether oxygens (including phenoxy) is 1. The molecule has 0 N–H and O–H groups in total. The Bertz CT molecular complexity index is 964. The van der Waals surface area contributed by atoms with Crippen molar-refractivity contribution in [1.82, 2.24) is 0 Å². The number of nitro groups is 1. The van der Waals surface area contributed by atoms with Gasteiger partial charge in [0.15, 0.2) is 0 Å². The lowest BCUT2D eigenvalue weighted by atomic mass is 10.3. The Labute approximate surface area is 159 Å². The van der Waals surface area contributed by atoms with Gasteiger partial charge >= 0.3 is 5.97 Å². The highest BCUT2D eigenvalue weighted by molar-refractivity contribution is 7.92. The van der Waals surface area contributed by atoms with Crippen molar-refractivity contribution in [2.45, 2.75) is 4.90 Å². The van der Waals surface area contributed by atoms with Crippen LogP contribution in [0.4, 0.5) is 11.4 Å². The maximum atomic E-state index is 13.0. The molecule has 0 atom stereocenters. The van der Waals surface area contributed by atoms with Gasteiger partial charge in [0.05, 0.1) is 27.6 Å². The molecular weight excluding hydrogens is 407 g/mol. The molecule has 0 amide bonds. The number of methoxy groups -OCH3 is 1. The van der Waals surface area contributed by atoms with Gasteiger partial charge in [0.2, 0.25) is 0 Å². The van der Waals surface area contributed by atoms with Gasteiger partial charge in [-0.2, -0.15) is 0 Å². The predicted octanol–water partition coefficient (Wildman–Crippen LogP) is 3.27. The maximum absolute atomic E-state index is 13.0. The zero-order valence-corrected chi connectivity index (χ0v) is 15.6. The van der Waals surface area contributed by atoms with Crippen molar-refractivity contribution >= 4 is 50.6 Å². The van der Waals surface area contributed by atoms with Crippen LogP contribution in [0.25, 0.3) is 0 Å². The fourth-order valence-corrected chi connectivity index (χ4v) is 3.94. The van der Waals surface area contributed by atoms with Crippen LogP contribution >= 0.6 is 23.2 Å². The minimum atomic E-state index is -4.37. The zero-order chi connectivity index (χ0) is 19.5. The van der Waals surface area contributed by atoms with Crippen LogP contribution in [0.5, 0.6) is 0 Å². The Morgan fingerprint density at radius 3 is 2.54 bits per heavy atom. The molecule has 8 nitrogen and oxygen atoms in total. The number of benzene rings is 2. The van der Waals surface area contributed by atoms with E-state index in [-0.39, 0.29) is 20.6 Å². The Balaban J connectivity index is 2.64. The predicted molar refractivity (Wildman–Crippen MR) is 96.1 cm³/mol. The molecule has 0 aliphatic rings. The van der Waals surface area contributed by atoms with Gasteiger partial charge in [0, 0.05) is 17.2 Å². The van der Waals surface area contributed by atoms with Crippen molar-refractivity contribution in [1.29, 1.82) is 0 Å². The summed E-state index contributed by atoms with van der Waals surface area (Å²) in [5.74, 6) is -0.852. The number of carbonyl (C=O) groups is 1. The summed E-state index contributed by atoms with van der Waals surface area (Å²) in [4.78, 5) is 21.6. The Kier molecular flexibility index (Phi) is 6.06. The fraction of sp³-hybridized carbons (Fsp3) is 0.133. The number of carbonyl (C=O) groups excluding carboxylic acids is 1. The zero-order valence-electron chi connectivity index (χ0n) is 13.3. The molecule has 0 radical (unpaired) electrons. The Morgan fingerprint density at radius 2 is 1.92 bits per heavy atom. The van der Waals surface area contributed by atoms with Gasteiger partial charge in [0.1, 0.15) is 6.54 Å². The number of non-ortho nitro benzene ring substituents is 1. The fourth-order valence-electron chi connectivity index (χ4n) is 2.04. The van der Waals surface area contributed by atoms with E-state index in [2.05, 4.69) is 4.74 Å². The van der Waals surface area contributed by atoms with Gasteiger partial charge < -0.3 is 4.74 Å². The average Bonchev–Trinajstić information content (AvgIpc) is 2.61. The lowest BCUT2D eigenvalue weighted by Crippen LogP contribution is -2.36. The number of rotatable bonds is 6. The maximum Gasteiger partial charge on any atom is 0.326 e. The number of esters is 1. The molecule has 0 saturated carbocycles. The first-order valence-electron chi connectivity index (χ1n) is 6.96. The van der Waals surface area contributed by atoms with Gasteiger partial charge in [-0.25, -0.2) is 8.42 Å². The van der Waals surface area contributed by atoms with Gasteiger partial charge in [-0.05, 0) is 24.3 Å². The molecule has 0 bridgehead atoms. The van der Waals surface area contributed by atoms with Gasteiger partial charge in [-0.15, -0.1) is 0 Å². The van der Waals surface area contributed by atoms with Crippen molar-refractivity contribution in [2.75, 3.05) is 18.0 Å². The largest absolute Gasteiger partial charge is 0.468 e. The van der Waals surface area contributed by atoms with Crippen molar-refractivity contribution in [2.24, 2.45) is 0 Å². The molecule has 0 spiro atoms. The first-order chi connectivity index (χ1) is 12.2. The molecule has 0 fully saturated rings. The lowest BCUT2D eigenvalue weighted by Gasteiger charge is -2.24. The summed E-state index contributed by atoms with van der Waals surface area (Å²) in [5.41, 5.74) is -0.475. The first-order valence-corrected chi connectivity index (χ1v) is 9.15. The molecule has 0 unspecified atom stereocenters. The quantitative estimate of drug-likeness (QED) is 0.404. The SMILES string of the molecule is COC(=O)CN(c1cc(Cl)ccc1Cl)S(=O)(=O)c1cccc([N+](=O)[O-])c1. The van der Waals surface area contributed by atoms with Crippen LogP contribution in [0.2, 0.25) is 10.0 Å². The van der Waals surface area contributed by atoms with Crippen LogP contribution in [0.1, 0.15) is 0 Å². The summed E-state index contributed by atoms with van der Waals surface area (Å²) in [5, 5.41) is 11.1. The molecule has 0 saturated heterocycles. The van der Waals surface area contributed by atoms with Crippen LogP contribution < -0.4 is 4.31 Å². The van der Waals surface area contributed by atoms with Crippen LogP contribution in [0.15, 0.2) is 47.4 Å². The number of nitrogens with zero attached hydrogens (tertiary/aromatic N) is 2. The molecule has 11 heteroatoms. The van der Waals surface area contributed by atoms with Gasteiger partial charge in [-0.3, -0.25) is 19.2 Å². The second kappa shape index (κ2) is 7.90. The Hall–Kier alpha value is -2.36. The molecular formula is C15H12Cl2N2O6S. The highest BCUT2D eigenvalue weighted by Gasteiger charge is 2.30. The molecule has 26 heavy (non-hydrogen) atoms. The lowest BCUT2D eigenvalue weighted by molar-refractivity contribution is -0.385. The van der Waals surface area contributed by atoms with Crippen LogP contribution in [0, 0.1) is 10.1 Å². The van der Waals surface area contributed by atoms with E-state index in [0.717, 1.165) is 19.2 Å². The standard InChI is InChI=1S/C15H12Cl2N2O6S/c1-25-15(20)9-18(14-7-10(16)5-6-13(14)17)26(23,24)12-4-2-3-11(8-12)19(21)22/h2-8H,9H2,1H3. The second-order valence-corrected chi connectivity index (χ2v) is 7.64.